The molecule has 5 nitrogen and oxygen atoms in total. The number of aryl methyl sites for hydroxylation is 1. The lowest BCUT2D eigenvalue weighted by molar-refractivity contribution is -0.301. The fourth-order valence-corrected chi connectivity index (χ4v) is 2.67. The lowest BCUT2D eigenvalue weighted by Crippen LogP contribution is -2.66. The van der Waals surface area contributed by atoms with E-state index in [1.807, 2.05) is 45.0 Å². The Bertz CT molecular complexity index is 521. The number of anilines is 1. The van der Waals surface area contributed by atoms with Crippen molar-refractivity contribution in [2.24, 2.45) is 5.41 Å². The van der Waals surface area contributed by atoms with Gasteiger partial charge in [-0.3, -0.25) is 0 Å². The summed E-state index contributed by atoms with van der Waals surface area (Å²) in [5.41, 5.74) is 1.97. The van der Waals surface area contributed by atoms with Crippen LogP contribution in [0, 0.1) is 12.3 Å². The van der Waals surface area contributed by atoms with E-state index in [9.17, 15) is 4.79 Å². The number of nitrogens with one attached hydrogen (secondary N) is 1. The third kappa shape index (κ3) is 3.04. The summed E-state index contributed by atoms with van der Waals surface area (Å²) in [6.45, 7) is 8.51. The Labute approximate surface area is 125 Å². The predicted octanol–water partition coefficient (Wildman–Crippen LogP) is 2.61. The molecule has 1 aromatic rings. The summed E-state index contributed by atoms with van der Waals surface area (Å²) in [7, 11) is 0. The Morgan fingerprint density at radius 1 is 1.14 bits per heavy atom. The first kappa shape index (κ1) is 14.4. The Balaban J connectivity index is 1.52. The van der Waals surface area contributed by atoms with Crippen molar-refractivity contribution < 1.29 is 14.3 Å². The normalized spacial score (nSPS) is 22.7. The Kier molecular flexibility index (Phi) is 3.42. The molecule has 1 aromatic carbocycles. The summed E-state index contributed by atoms with van der Waals surface area (Å²) in [4.78, 5) is 14.0. The van der Waals surface area contributed by atoms with Crippen molar-refractivity contribution >= 4 is 11.7 Å². The van der Waals surface area contributed by atoms with E-state index in [4.69, 9.17) is 9.47 Å². The van der Waals surface area contributed by atoms with Gasteiger partial charge in [0.1, 0.15) is 0 Å². The Hall–Kier alpha value is -1.59. The minimum atomic E-state index is -0.504. The molecule has 1 N–H and O–H groups in total. The second-order valence-corrected chi connectivity index (χ2v) is 6.63. The van der Waals surface area contributed by atoms with Crippen LogP contribution in [0.15, 0.2) is 24.3 Å². The maximum Gasteiger partial charge on any atom is 0.321 e. The van der Waals surface area contributed by atoms with E-state index in [1.54, 1.807) is 4.90 Å². The first-order valence-electron chi connectivity index (χ1n) is 7.28. The van der Waals surface area contributed by atoms with Crippen LogP contribution in [0.4, 0.5) is 10.5 Å². The summed E-state index contributed by atoms with van der Waals surface area (Å²) < 4.78 is 11.4. The zero-order chi connectivity index (χ0) is 15.1. The van der Waals surface area contributed by atoms with Gasteiger partial charge in [-0.1, -0.05) is 17.7 Å². The summed E-state index contributed by atoms with van der Waals surface area (Å²) in [5.74, 6) is -0.504. The number of carbonyl (C=O) groups excluding carboxylic acids is 1. The number of nitrogens with zero attached hydrogens (tertiary/aromatic N) is 1. The third-order valence-electron chi connectivity index (χ3n) is 4.09. The molecule has 0 bridgehead atoms. The first-order chi connectivity index (χ1) is 9.88. The fraction of sp³-hybridized carbons (Fsp3) is 0.562. The van der Waals surface area contributed by atoms with Gasteiger partial charge in [-0.25, -0.2) is 4.79 Å². The first-order valence-corrected chi connectivity index (χ1v) is 7.28. The molecule has 21 heavy (non-hydrogen) atoms. The van der Waals surface area contributed by atoms with Crippen LogP contribution >= 0.6 is 0 Å². The quantitative estimate of drug-likeness (QED) is 0.865. The van der Waals surface area contributed by atoms with Crippen LogP contribution in [0.2, 0.25) is 0 Å². The van der Waals surface area contributed by atoms with Gasteiger partial charge >= 0.3 is 6.03 Å². The van der Waals surface area contributed by atoms with Gasteiger partial charge < -0.3 is 19.7 Å². The van der Waals surface area contributed by atoms with Crippen molar-refractivity contribution in [1.29, 1.82) is 0 Å². The highest BCUT2D eigenvalue weighted by Gasteiger charge is 2.50. The van der Waals surface area contributed by atoms with E-state index < -0.39 is 5.79 Å². The van der Waals surface area contributed by atoms with Gasteiger partial charge in [0.2, 0.25) is 0 Å². The number of ether oxygens (including phenoxy) is 2. The molecule has 0 aromatic heterocycles. The largest absolute Gasteiger partial charge is 0.350 e. The lowest BCUT2D eigenvalue weighted by Gasteiger charge is -2.53. The summed E-state index contributed by atoms with van der Waals surface area (Å²) in [6, 6.07) is 7.74. The average Bonchev–Trinajstić information content (AvgIpc) is 2.39. The van der Waals surface area contributed by atoms with Crippen LogP contribution in [0.1, 0.15) is 19.4 Å². The number of carbonyl (C=O) groups is 1. The molecule has 2 amide bonds. The van der Waals surface area contributed by atoms with Gasteiger partial charge in [0.15, 0.2) is 5.79 Å². The van der Waals surface area contributed by atoms with Crippen LogP contribution in [-0.2, 0) is 9.47 Å². The van der Waals surface area contributed by atoms with Gasteiger partial charge in [0, 0.05) is 18.8 Å². The third-order valence-corrected chi connectivity index (χ3v) is 4.09. The highest BCUT2D eigenvalue weighted by molar-refractivity contribution is 5.90. The van der Waals surface area contributed by atoms with Crippen molar-refractivity contribution in [2.45, 2.75) is 26.6 Å². The summed E-state index contributed by atoms with van der Waals surface area (Å²) >= 11 is 0. The van der Waals surface area contributed by atoms with Gasteiger partial charge in [0.25, 0.3) is 0 Å². The molecule has 114 valence electrons. The van der Waals surface area contributed by atoms with Crippen LogP contribution in [0.5, 0.6) is 0 Å². The summed E-state index contributed by atoms with van der Waals surface area (Å²) in [6.07, 6.45) is 0. The van der Waals surface area contributed by atoms with E-state index in [-0.39, 0.29) is 11.4 Å². The molecule has 0 saturated carbocycles. The van der Waals surface area contributed by atoms with Crippen LogP contribution < -0.4 is 5.32 Å². The number of urea groups is 1. The van der Waals surface area contributed by atoms with Gasteiger partial charge in [-0.15, -0.1) is 0 Å². The number of likely N-dealkylation sites (tertiary alicyclic amines) is 1. The van der Waals surface area contributed by atoms with Gasteiger partial charge in [0.05, 0.1) is 18.6 Å². The van der Waals surface area contributed by atoms with E-state index in [0.29, 0.717) is 26.3 Å². The SMILES string of the molecule is Cc1ccc(NC(=O)N2CC3(COC(C)(C)OC3)C2)cc1. The molecule has 3 rings (SSSR count). The summed E-state index contributed by atoms with van der Waals surface area (Å²) in [5, 5.41) is 2.91. The second-order valence-electron chi connectivity index (χ2n) is 6.63. The topological polar surface area (TPSA) is 50.8 Å². The Morgan fingerprint density at radius 2 is 1.71 bits per heavy atom. The minimum absolute atomic E-state index is 0.0276. The predicted molar refractivity (Wildman–Crippen MR) is 80.2 cm³/mol. The molecule has 0 atom stereocenters. The number of rotatable bonds is 1. The molecular weight excluding hydrogens is 268 g/mol. The molecule has 2 heterocycles. The van der Waals surface area contributed by atoms with Crippen molar-refractivity contribution in [3.05, 3.63) is 29.8 Å². The van der Waals surface area contributed by atoms with Crippen molar-refractivity contribution in [3.8, 4) is 0 Å². The maximum atomic E-state index is 12.2. The molecule has 2 fully saturated rings. The standard InChI is InChI=1S/C16H22N2O3/c1-12-4-6-13(7-5-12)17-14(19)18-8-16(9-18)10-20-15(2,3)21-11-16/h4-7H,8-11H2,1-3H3,(H,17,19). The molecule has 0 aliphatic carbocycles. The minimum Gasteiger partial charge on any atom is -0.350 e. The van der Waals surface area contributed by atoms with Crippen molar-refractivity contribution in [3.63, 3.8) is 0 Å². The van der Waals surface area contributed by atoms with Crippen LogP contribution in [0.25, 0.3) is 0 Å². The molecule has 5 heteroatoms. The molecule has 2 saturated heterocycles. The fourth-order valence-electron chi connectivity index (χ4n) is 2.67. The number of benzene rings is 1. The number of hydrogen-bond acceptors (Lipinski definition) is 3. The molecule has 2 aliphatic rings. The van der Waals surface area contributed by atoms with Crippen LogP contribution in [-0.4, -0.2) is 43.0 Å². The Morgan fingerprint density at radius 3 is 2.29 bits per heavy atom. The zero-order valence-electron chi connectivity index (χ0n) is 12.8. The van der Waals surface area contributed by atoms with Gasteiger partial charge in [-0.05, 0) is 32.9 Å². The van der Waals surface area contributed by atoms with E-state index in [2.05, 4.69) is 5.32 Å². The monoisotopic (exact) mass is 290 g/mol. The second kappa shape index (κ2) is 5.00. The molecule has 2 aliphatic heterocycles. The highest BCUT2D eigenvalue weighted by atomic mass is 16.7. The average molecular weight is 290 g/mol. The van der Waals surface area contributed by atoms with Crippen molar-refractivity contribution in [1.82, 2.24) is 4.90 Å². The maximum absolute atomic E-state index is 12.2. The van der Waals surface area contributed by atoms with E-state index >= 15 is 0 Å². The smallest absolute Gasteiger partial charge is 0.321 e. The van der Waals surface area contributed by atoms with Crippen molar-refractivity contribution in [2.75, 3.05) is 31.6 Å². The molecule has 0 unspecified atom stereocenters. The lowest BCUT2D eigenvalue weighted by atomic mass is 9.81. The molecule has 1 spiro atoms. The van der Waals surface area contributed by atoms with Crippen LogP contribution in [0.3, 0.4) is 0 Å². The van der Waals surface area contributed by atoms with Gasteiger partial charge in [-0.2, -0.15) is 0 Å². The zero-order valence-corrected chi connectivity index (χ0v) is 12.8. The highest BCUT2D eigenvalue weighted by Crippen LogP contribution is 2.37. The van der Waals surface area contributed by atoms with E-state index in [0.717, 1.165) is 5.69 Å². The number of amides is 2. The number of hydrogen-bond donors (Lipinski definition) is 1. The molecule has 0 radical (unpaired) electrons. The molecular formula is C16H22N2O3. The van der Waals surface area contributed by atoms with E-state index in [1.165, 1.54) is 5.56 Å².